The summed E-state index contributed by atoms with van der Waals surface area (Å²) in [6, 6.07) is 12.1. The highest BCUT2D eigenvalue weighted by molar-refractivity contribution is 9.10. The van der Waals surface area contributed by atoms with Crippen LogP contribution < -0.4 is 10.5 Å². The van der Waals surface area contributed by atoms with Crippen molar-refractivity contribution in [1.82, 2.24) is 0 Å². The van der Waals surface area contributed by atoms with Gasteiger partial charge in [-0.15, -0.1) is 0 Å². The number of rotatable bonds is 3. The van der Waals surface area contributed by atoms with E-state index >= 15 is 0 Å². The number of nitrogens with two attached hydrogens (primary N) is 1. The van der Waals surface area contributed by atoms with E-state index in [1.54, 1.807) is 36.4 Å². The molecule has 0 heterocycles. The fraction of sp³-hybridized carbons (Fsp3) is 0.0714. The molecule has 0 bridgehead atoms. The summed E-state index contributed by atoms with van der Waals surface area (Å²) in [5.41, 5.74) is 6.79. The Labute approximate surface area is 119 Å². The van der Waals surface area contributed by atoms with Crippen LogP contribution in [0.3, 0.4) is 0 Å². The maximum Gasteiger partial charge on any atom is 0.337 e. The smallest absolute Gasteiger partial charge is 0.337 e. The fourth-order valence-electron chi connectivity index (χ4n) is 1.54. The molecule has 0 fully saturated rings. The van der Waals surface area contributed by atoms with E-state index in [9.17, 15) is 4.79 Å². The van der Waals surface area contributed by atoms with Crippen LogP contribution in [0.15, 0.2) is 46.9 Å². The number of hydrogen-bond acceptors (Lipinski definition) is 4. The highest BCUT2D eigenvalue weighted by atomic mass is 79.9. The molecule has 0 aliphatic heterocycles. The maximum absolute atomic E-state index is 11.4. The number of halogens is 1. The molecular formula is C14H12BrNO3. The van der Waals surface area contributed by atoms with Gasteiger partial charge in [-0.1, -0.05) is 22.0 Å². The third kappa shape index (κ3) is 3.26. The van der Waals surface area contributed by atoms with Gasteiger partial charge in [0.1, 0.15) is 11.5 Å². The summed E-state index contributed by atoms with van der Waals surface area (Å²) in [7, 11) is 1.34. The van der Waals surface area contributed by atoms with Crippen molar-refractivity contribution in [1.29, 1.82) is 0 Å². The molecule has 19 heavy (non-hydrogen) atoms. The van der Waals surface area contributed by atoms with Crippen molar-refractivity contribution in [3.63, 3.8) is 0 Å². The zero-order valence-corrected chi connectivity index (χ0v) is 11.8. The Morgan fingerprint density at radius 3 is 2.68 bits per heavy atom. The molecule has 0 saturated heterocycles. The first-order valence-corrected chi connectivity index (χ1v) is 6.30. The van der Waals surface area contributed by atoms with Crippen LogP contribution in [0.4, 0.5) is 5.69 Å². The second-order valence-electron chi connectivity index (χ2n) is 3.80. The molecular weight excluding hydrogens is 310 g/mol. The minimum absolute atomic E-state index is 0.408. The molecule has 0 aromatic heterocycles. The van der Waals surface area contributed by atoms with Crippen molar-refractivity contribution < 1.29 is 14.3 Å². The van der Waals surface area contributed by atoms with E-state index in [1.165, 1.54) is 7.11 Å². The number of ether oxygens (including phenoxy) is 2. The van der Waals surface area contributed by atoms with Crippen molar-refractivity contribution in [2.75, 3.05) is 12.8 Å². The topological polar surface area (TPSA) is 61.5 Å². The molecule has 98 valence electrons. The number of nitrogen functional groups attached to an aromatic ring is 1. The van der Waals surface area contributed by atoms with E-state index in [0.717, 1.165) is 4.47 Å². The molecule has 5 heteroatoms. The van der Waals surface area contributed by atoms with Crippen molar-refractivity contribution in [3.05, 3.63) is 52.5 Å². The van der Waals surface area contributed by atoms with E-state index < -0.39 is 5.97 Å². The zero-order valence-electron chi connectivity index (χ0n) is 10.2. The summed E-state index contributed by atoms with van der Waals surface area (Å²) in [6.07, 6.45) is 0. The van der Waals surface area contributed by atoms with Gasteiger partial charge in [0.25, 0.3) is 0 Å². The fourth-order valence-corrected chi connectivity index (χ4v) is 1.92. The summed E-state index contributed by atoms with van der Waals surface area (Å²) >= 11 is 3.32. The third-order valence-corrected chi connectivity index (χ3v) is 2.95. The molecule has 2 N–H and O–H groups in total. The van der Waals surface area contributed by atoms with Gasteiger partial charge in [-0.2, -0.15) is 0 Å². The molecule has 0 radical (unpaired) electrons. The number of carbonyl (C=O) groups is 1. The Bertz CT molecular complexity index is 613. The third-order valence-electron chi connectivity index (χ3n) is 2.45. The molecule has 0 aliphatic rings. The highest BCUT2D eigenvalue weighted by Crippen LogP contribution is 2.30. The van der Waals surface area contributed by atoms with Gasteiger partial charge >= 0.3 is 5.97 Å². The van der Waals surface area contributed by atoms with Crippen LogP contribution in [-0.4, -0.2) is 13.1 Å². The zero-order chi connectivity index (χ0) is 13.8. The molecule has 0 atom stereocenters. The predicted octanol–water partition coefficient (Wildman–Crippen LogP) is 3.61. The lowest BCUT2D eigenvalue weighted by atomic mass is 10.2. The number of methoxy groups -OCH3 is 1. The Morgan fingerprint density at radius 2 is 2.00 bits per heavy atom. The average Bonchev–Trinajstić information content (AvgIpc) is 2.41. The number of esters is 1. The Balaban J connectivity index is 2.26. The number of carbonyl (C=O) groups excluding carboxylic acids is 1. The monoisotopic (exact) mass is 321 g/mol. The largest absolute Gasteiger partial charge is 0.465 e. The quantitative estimate of drug-likeness (QED) is 0.693. The lowest BCUT2D eigenvalue weighted by Gasteiger charge is -2.09. The molecule has 0 unspecified atom stereocenters. The van der Waals surface area contributed by atoms with Crippen LogP contribution in [0.2, 0.25) is 0 Å². The predicted molar refractivity (Wildman–Crippen MR) is 76.4 cm³/mol. The summed E-state index contributed by atoms with van der Waals surface area (Å²) in [5, 5.41) is 0. The second kappa shape index (κ2) is 5.75. The highest BCUT2D eigenvalue weighted by Gasteiger charge is 2.08. The summed E-state index contributed by atoms with van der Waals surface area (Å²) in [6.45, 7) is 0. The van der Waals surface area contributed by atoms with E-state index in [2.05, 4.69) is 20.7 Å². The van der Waals surface area contributed by atoms with Gasteiger partial charge < -0.3 is 15.2 Å². The minimum Gasteiger partial charge on any atom is -0.465 e. The Morgan fingerprint density at radius 1 is 1.21 bits per heavy atom. The second-order valence-corrected chi connectivity index (χ2v) is 4.72. The standard InChI is InChI=1S/C14H12BrNO3/c1-18-14(17)9-3-2-4-11(7-9)19-13-6-5-10(15)8-12(13)16/h2-8H,16H2,1H3. The lowest BCUT2D eigenvalue weighted by Crippen LogP contribution is -2.01. The first kappa shape index (κ1) is 13.4. The van der Waals surface area contributed by atoms with Gasteiger partial charge in [-0.3, -0.25) is 0 Å². The number of benzene rings is 2. The molecule has 2 aromatic rings. The van der Waals surface area contributed by atoms with Crippen molar-refractivity contribution in [3.8, 4) is 11.5 Å². The van der Waals surface area contributed by atoms with Crippen LogP contribution in [0.1, 0.15) is 10.4 Å². The van der Waals surface area contributed by atoms with Crippen LogP contribution >= 0.6 is 15.9 Å². The average molecular weight is 322 g/mol. The first-order chi connectivity index (χ1) is 9.10. The van der Waals surface area contributed by atoms with Gasteiger partial charge in [-0.25, -0.2) is 4.79 Å². The van der Waals surface area contributed by atoms with Crippen LogP contribution in [-0.2, 0) is 4.74 Å². The van der Waals surface area contributed by atoms with Gasteiger partial charge in [0.05, 0.1) is 18.4 Å². The van der Waals surface area contributed by atoms with Crippen LogP contribution in [0.25, 0.3) is 0 Å². The van der Waals surface area contributed by atoms with Crippen molar-refractivity contribution >= 4 is 27.6 Å². The SMILES string of the molecule is COC(=O)c1cccc(Oc2ccc(Br)cc2N)c1. The Hall–Kier alpha value is -2.01. The van der Waals surface area contributed by atoms with E-state index in [1.807, 2.05) is 6.07 Å². The number of hydrogen-bond donors (Lipinski definition) is 1. The lowest BCUT2D eigenvalue weighted by molar-refractivity contribution is 0.0600. The molecule has 2 aromatic carbocycles. The molecule has 0 saturated carbocycles. The van der Waals surface area contributed by atoms with E-state index in [4.69, 9.17) is 10.5 Å². The first-order valence-electron chi connectivity index (χ1n) is 5.51. The maximum atomic E-state index is 11.4. The van der Waals surface area contributed by atoms with Crippen LogP contribution in [0.5, 0.6) is 11.5 Å². The van der Waals surface area contributed by atoms with Gasteiger partial charge in [0, 0.05) is 4.47 Å². The van der Waals surface area contributed by atoms with E-state index in [0.29, 0.717) is 22.7 Å². The van der Waals surface area contributed by atoms with Gasteiger partial charge in [-0.05, 0) is 36.4 Å². The molecule has 2 rings (SSSR count). The molecule has 4 nitrogen and oxygen atoms in total. The molecule has 0 spiro atoms. The minimum atomic E-state index is -0.408. The van der Waals surface area contributed by atoms with E-state index in [-0.39, 0.29) is 0 Å². The Kier molecular flexibility index (Phi) is 4.06. The van der Waals surface area contributed by atoms with Crippen molar-refractivity contribution in [2.24, 2.45) is 0 Å². The van der Waals surface area contributed by atoms with Gasteiger partial charge in [0.15, 0.2) is 0 Å². The van der Waals surface area contributed by atoms with Gasteiger partial charge in [0.2, 0.25) is 0 Å². The molecule has 0 amide bonds. The summed E-state index contributed by atoms with van der Waals surface area (Å²) in [5.74, 6) is 0.649. The van der Waals surface area contributed by atoms with Crippen LogP contribution in [0, 0.1) is 0 Å². The molecule has 0 aliphatic carbocycles. The van der Waals surface area contributed by atoms with Crippen molar-refractivity contribution in [2.45, 2.75) is 0 Å². The summed E-state index contributed by atoms with van der Waals surface area (Å²) < 4.78 is 11.2. The normalized spacial score (nSPS) is 10.0. The number of anilines is 1. The summed E-state index contributed by atoms with van der Waals surface area (Å²) in [4.78, 5) is 11.4.